The molecule has 2 aromatic rings. The zero-order valence-corrected chi connectivity index (χ0v) is 20.2. The summed E-state index contributed by atoms with van der Waals surface area (Å²) >= 11 is 6.06. The molecule has 0 saturated carbocycles. The molecule has 176 valence electrons. The van der Waals surface area contributed by atoms with Crippen molar-refractivity contribution in [2.45, 2.75) is 39.2 Å². The van der Waals surface area contributed by atoms with E-state index in [1.165, 1.54) is 7.11 Å². The summed E-state index contributed by atoms with van der Waals surface area (Å²) in [7, 11) is 1.51. The van der Waals surface area contributed by atoms with E-state index < -0.39 is 0 Å². The van der Waals surface area contributed by atoms with Crippen molar-refractivity contribution in [2.24, 2.45) is 5.92 Å². The van der Waals surface area contributed by atoms with Crippen molar-refractivity contribution in [1.29, 1.82) is 0 Å². The highest BCUT2D eigenvalue weighted by molar-refractivity contribution is 6.31. The number of hydrogen-bond acceptors (Lipinski definition) is 4. The second-order valence-electron chi connectivity index (χ2n) is 9.15. The molecule has 0 atom stereocenters. The van der Waals surface area contributed by atoms with Crippen LogP contribution in [0.5, 0.6) is 5.75 Å². The Hall–Kier alpha value is -3.06. The van der Waals surface area contributed by atoms with Crippen molar-refractivity contribution in [3.8, 4) is 5.75 Å². The first-order valence-electron chi connectivity index (χ1n) is 10.9. The van der Waals surface area contributed by atoms with E-state index in [4.69, 9.17) is 16.3 Å². The molecule has 1 aliphatic heterocycles. The third kappa shape index (κ3) is 6.26. The fourth-order valence-electron chi connectivity index (χ4n) is 3.80. The number of nitrogens with zero attached hydrogens (tertiary/aromatic N) is 1. The molecule has 3 amide bonds. The molecule has 1 fully saturated rings. The third-order valence-electron chi connectivity index (χ3n) is 5.46. The topological polar surface area (TPSA) is 87.7 Å². The number of anilines is 1. The maximum absolute atomic E-state index is 13.0. The minimum Gasteiger partial charge on any atom is -0.496 e. The summed E-state index contributed by atoms with van der Waals surface area (Å²) in [6.07, 6.45) is 1.05. The Morgan fingerprint density at radius 2 is 1.70 bits per heavy atom. The van der Waals surface area contributed by atoms with E-state index in [-0.39, 0.29) is 29.2 Å². The Kier molecular flexibility index (Phi) is 7.64. The van der Waals surface area contributed by atoms with Crippen LogP contribution in [0.2, 0.25) is 5.02 Å². The van der Waals surface area contributed by atoms with Gasteiger partial charge in [-0.3, -0.25) is 14.4 Å². The van der Waals surface area contributed by atoms with Gasteiger partial charge in [0, 0.05) is 29.6 Å². The SMILES string of the molecule is COc1ccc(Cl)cc1C(=O)N1CCC(C(=O)Nc2ccccc2C(=O)NC(C)(C)C)CC1. The fourth-order valence-corrected chi connectivity index (χ4v) is 3.97. The molecule has 3 rings (SSSR count). The number of amides is 3. The van der Waals surface area contributed by atoms with Crippen LogP contribution in [0.1, 0.15) is 54.3 Å². The smallest absolute Gasteiger partial charge is 0.257 e. The lowest BCUT2D eigenvalue weighted by atomic mass is 9.95. The zero-order chi connectivity index (χ0) is 24.2. The Morgan fingerprint density at radius 1 is 1.03 bits per heavy atom. The van der Waals surface area contributed by atoms with Gasteiger partial charge < -0.3 is 20.3 Å². The third-order valence-corrected chi connectivity index (χ3v) is 5.70. The van der Waals surface area contributed by atoms with Crippen LogP contribution in [0.25, 0.3) is 0 Å². The lowest BCUT2D eigenvalue weighted by Crippen LogP contribution is -2.42. The minimum absolute atomic E-state index is 0.154. The average molecular weight is 472 g/mol. The number of para-hydroxylation sites is 1. The van der Waals surface area contributed by atoms with Gasteiger partial charge in [-0.1, -0.05) is 23.7 Å². The molecule has 1 heterocycles. The Bertz CT molecular complexity index is 1040. The van der Waals surface area contributed by atoms with Crippen LogP contribution < -0.4 is 15.4 Å². The molecule has 0 spiro atoms. The summed E-state index contributed by atoms with van der Waals surface area (Å²) in [5.74, 6) is -0.353. The highest BCUT2D eigenvalue weighted by Gasteiger charge is 2.30. The monoisotopic (exact) mass is 471 g/mol. The fraction of sp³-hybridized carbons (Fsp3) is 0.400. The number of carbonyl (C=O) groups excluding carboxylic acids is 3. The first kappa shape index (κ1) is 24.6. The molecule has 0 radical (unpaired) electrons. The van der Waals surface area contributed by atoms with Gasteiger partial charge in [0.15, 0.2) is 0 Å². The van der Waals surface area contributed by atoms with Crippen LogP contribution in [0.3, 0.4) is 0 Å². The first-order valence-corrected chi connectivity index (χ1v) is 11.3. The van der Waals surface area contributed by atoms with Crippen LogP contribution in [0, 0.1) is 5.92 Å². The number of ether oxygens (including phenoxy) is 1. The molecule has 1 aliphatic rings. The molecule has 33 heavy (non-hydrogen) atoms. The lowest BCUT2D eigenvalue weighted by Gasteiger charge is -2.32. The van der Waals surface area contributed by atoms with Crippen molar-refractivity contribution < 1.29 is 19.1 Å². The Labute approximate surface area is 199 Å². The first-order chi connectivity index (χ1) is 15.6. The van der Waals surface area contributed by atoms with Crippen LogP contribution in [-0.2, 0) is 4.79 Å². The number of nitrogens with one attached hydrogen (secondary N) is 2. The summed E-state index contributed by atoms with van der Waals surface area (Å²) in [5, 5.41) is 6.29. The van der Waals surface area contributed by atoms with Crippen molar-refractivity contribution in [2.75, 3.05) is 25.5 Å². The number of halogens is 1. The van der Waals surface area contributed by atoms with Gasteiger partial charge in [0.05, 0.1) is 23.9 Å². The van der Waals surface area contributed by atoms with Gasteiger partial charge >= 0.3 is 0 Å². The van der Waals surface area contributed by atoms with Crippen molar-refractivity contribution in [1.82, 2.24) is 10.2 Å². The summed E-state index contributed by atoms with van der Waals surface area (Å²) in [6.45, 7) is 6.60. The normalized spacial score (nSPS) is 14.5. The average Bonchev–Trinajstić information content (AvgIpc) is 2.77. The van der Waals surface area contributed by atoms with Crippen LogP contribution in [0.4, 0.5) is 5.69 Å². The molecular weight excluding hydrogens is 442 g/mol. The number of benzene rings is 2. The predicted octanol–water partition coefficient (Wildman–Crippen LogP) is 4.37. The summed E-state index contributed by atoms with van der Waals surface area (Å²) < 4.78 is 5.30. The lowest BCUT2D eigenvalue weighted by molar-refractivity contribution is -0.121. The number of carbonyl (C=O) groups is 3. The highest BCUT2D eigenvalue weighted by atomic mass is 35.5. The summed E-state index contributed by atoms with van der Waals surface area (Å²) in [4.78, 5) is 40.3. The van der Waals surface area contributed by atoms with E-state index in [9.17, 15) is 14.4 Å². The summed E-state index contributed by atoms with van der Waals surface area (Å²) in [5.41, 5.74) is 0.915. The van der Waals surface area contributed by atoms with Crippen LogP contribution in [-0.4, -0.2) is 48.4 Å². The van der Waals surface area contributed by atoms with Gasteiger partial charge in [-0.05, 0) is 63.9 Å². The van der Waals surface area contributed by atoms with Gasteiger partial charge in [-0.25, -0.2) is 0 Å². The van der Waals surface area contributed by atoms with Gasteiger partial charge in [0.1, 0.15) is 5.75 Å². The van der Waals surface area contributed by atoms with E-state index in [1.807, 2.05) is 20.8 Å². The molecule has 1 saturated heterocycles. The maximum atomic E-state index is 13.0. The predicted molar refractivity (Wildman–Crippen MR) is 129 cm³/mol. The summed E-state index contributed by atoms with van der Waals surface area (Å²) in [6, 6.07) is 11.9. The molecular formula is C25H30ClN3O4. The van der Waals surface area contributed by atoms with E-state index >= 15 is 0 Å². The number of piperidine rings is 1. The van der Waals surface area contributed by atoms with Crippen LogP contribution >= 0.6 is 11.6 Å². The van der Waals surface area contributed by atoms with Crippen LogP contribution in [0.15, 0.2) is 42.5 Å². The quantitative estimate of drug-likeness (QED) is 0.677. The standard InChI is InChI=1S/C25H30ClN3O4/c1-25(2,3)28-23(31)18-7-5-6-8-20(18)27-22(30)16-11-13-29(14-12-16)24(32)19-15-17(26)9-10-21(19)33-4/h5-10,15-16H,11-14H2,1-4H3,(H,27,30)(H,28,31). The molecule has 0 aromatic heterocycles. The van der Waals surface area contributed by atoms with E-state index in [2.05, 4.69) is 10.6 Å². The number of likely N-dealkylation sites (tertiary alicyclic amines) is 1. The molecule has 0 unspecified atom stereocenters. The zero-order valence-electron chi connectivity index (χ0n) is 19.4. The van der Waals surface area contributed by atoms with Gasteiger partial charge in [0.2, 0.25) is 5.91 Å². The minimum atomic E-state index is -0.390. The van der Waals surface area contributed by atoms with Crippen molar-refractivity contribution in [3.63, 3.8) is 0 Å². The molecule has 7 nitrogen and oxygen atoms in total. The molecule has 8 heteroatoms. The number of hydrogen-bond donors (Lipinski definition) is 2. The second-order valence-corrected chi connectivity index (χ2v) is 9.59. The van der Waals surface area contributed by atoms with E-state index in [0.29, 0.717) is 53.5 Å². The number of methoxy groups -OCH3 is 1. The van der Waals surface area contributed by atoms with E-state index in [0.717, 1.165) is 0 Å². The van der Waals surface area contributed by atoms with Crippen molar-refractivity contribution >= 4 is 35.0 Å². The van der Waals surface area contributed by atoms with Gasteiger partial charge in [0.25, 0.3) is 11.8 Å². The molecule has 0 bridgehead atoms. The highest BCUT2D eigenvalue weighted by Crippen LogP contribution is 2.27. The maximum Gasteiger partial charge on any atom is 0.257 e. The molecule has 2 N–H and O–H groups in total. The van der Waals surface area contributed by atoms with Gasteiger partial charge in [-0.2, -0.15) is 0 Å². The largest absolute Gasteiger partial charge is 0.496 e. The van der Waals surface area contributed by atoms with E-state index in [1.54, 1.807) is 47.4 Å². The van der Waals surface area contributed by atoms with Gasteiger partial charge in [-0.15, -0.1) is 0 Å². The molecule has 0 aliphatic carbocycles. The number of rotatable bonds is 5. The molecule has 2 aromatic carbocycles. The second kappa shape index (κ2) is 10.3. The van der Waals surface area contributed by atoms with Crippen molar-refractivity contribution in [3.05, 3.63) is 58.6 Å². The Balaban J connectivity index is 1.64. The Morgan fingerprint density at radius 3 is 2.33 bits per heavy atom.